The number of nitrogens with zero attached hydrogens (tertiary/aromatic N) is 1. The van der Waals surface area contributed by atoms with E-state index in [-0.39, 0.29) is 0 Å². The number of rotatable bonds is 7. The normalized spacial score (nSPS) is 11.5. The molecule has 0 unspecified atom stereocenters. The number of aromatic nitrogens is 1. The third-order valence-electron chi connectivity index (χ3n) is 14.3. The summed E-state index contributed by atoms with van der Waals surface area (Å²) in [6, 6.07) is 98.6. The van der Waals surface area contributed by atoms with Crippen LogP contribution in [-0.4, -0.2) is 4.57 Å². The highest BCUT2D eigenvalue weighted by Gasteiger charge is 2.25. The van der Waals surface area contributed by atoms with Crippen molar-refractivity contribution in [2.75, 3.05) is 0 Å². The topological polar surface area (TPSA) is 4.93 Å². The first-order chi connectivity index (χ1) is 36.8. The van der Waals surface area contributed by atoms with Gasteiger partial charge in [0.05, 0.1) is 11.0 Å². The first-order valence-electron chi connectivity index (χ1n) is 25.1. The summed E-state index contributed by atoms with van der Waals surface area (Å²) < 4.78 is 5.17. The zero-order valence-electron chi connectivity index (χ0n) is 40.2. The van der Waals surface area contributed by atoms with Gasteiger partial charge in [0.1, 0.15) is 0 Å². The van der Waals surface area contributed by atoms with Gasteiger partial charge in [0.2, 0.25) is 0 Å². The maximum absolute atomic E-state index is 2.46. The molecule has 4 heterocycles. The molecule has 4 aromatic heterocycles. The number of hydrogen-bond donors (Lipinski definition) is 0. The largest absolute Gasteiger partial charge is 0.309 e. The van der Waals surface area contributed by atoms with E-state index in [2.05, 4.69) is 278 Å². The third-order valence-corrected chi connectivity index (χ3v) is 18.1. The Bertz CT molecular complexity index is 4510. The molecule has 0 radical (unpaired) electrons. The molecule has 0 aliphatic carbocycles. The Morgan fingerprint density at radius 2 is 0.635 bits per heavy atom. The summed E-state index contributed by atoms with van der Waals surface area (Å²) in [5, 5.41) is 10.5. The van der Waals surface area contributed by atoms with Crippen LogP contribution in [0.5, 0.6) is 0 Å². The highest BCUT2D eigenvalue weighted by molar-refractivity contribution is 7.27. The predicted molar refractivity (Wildman–Crippen MR) is 323 cm³/mol. The molecule has 4 heteroatoms. The number of fused-ring (bicyclic) bond motifs is 8. The minimum atomic E-state index is 1.17. The number of thiophene rings is 3. The average molecular weight is 996 g/mol. The molecule has 348 valence electrons. The predicted octanol–water partition coefficient (Wildman–Crippen LogP) is 21.3. The summed E-state index contributed by atoms with van der Waals surface area (Å²) in [7, 11) is 0. The monoisotopic (exact) mass is 995 g/mol. The van der Waals surface area contributed by atoms with Crippen LogP contribution in [0.3, 0.4) is 0 Å². The molecule has 0 aliphatic heterocycles. The molecule has 1 nitrogen and oxygen atoms in total. The molecule has 74 heavy (non-hydrogen) atoms. The lowest BCUT2D eigenvalue weighted by Gasteiger charge is -2.15. The lowest BCUT2D eigenvalue weighted by molar-refractivity contribution is 1.18. The van der Waals surface area contributed by atoms with Crippen molar-refractivity contribution in [1.82, 2.24) is 4.57 Å². The summed E-state index contributed by atoms with van der Waals surface area (Å²) >= 11 is 5.73. The molecule has 0 amide bonds. The Labute approximate surface area is 441 Å². The van der Waals surface area contributed by atoms with Crippen LogP contribution in [-0.2, 0) is 0 Å². The summed E-state index contributed by atoms with van der Waals surface area (Å²) in [6.45, 7) is 0. The van der Waals surface area contributed by atoms with Crippen molar-refractivity contribution in [3.63, 3.8) is 0 Å². The SMILES string of the molecule is c1ccc(-c2ccc3c(sc4ccccc43)c2-c2sc(-c3ccccc3)c3ccccc23)cc1.c1ccc(-c2ccc3c4ccccc4n(-c4ccccc4)c3c2-c2sc(-c3ccccc3)c3ccccc23)cc1. The Morgan fingerprint density at radius 1 is 0.243 bits per heavy atom. The zero-order valence-corrected chi connectivity index (χ0v) is 42.6. The van der Waals surface area contributed by atoms with E-state index in [9.17, 15) is 0 Å². The van der Waals surface area contributed by atoms with Crippen LogP contribution in [0.2, 0.25) is 0 Å². The Kier molecular flexibility index (Phi) is 11.2. The van der Waals surface area contributed by atoms with Gasteiger partial charge in [-0.25, -0.2) is 0 Å². The number of para-hydroxylation sites is 2. The van der Waals surface area contributed by atoms with E-state index in [4.69, 9.17) is 0 Å². The quantitative estimate of drug-likeness (QED) is 0.150. The van der Waals surface area contributed by atoms with Gasteiger partial charge in [0.15, 0.2) is 0 Å². The second kappa shape index (κ2) is 18.8. The summed E-state index contributed by atoms with van der Waals surface area (Å²) in [4.78, 5) is 5.30. The van der Waals surface area contributed by atoms with Crippen molar-refractivity contribution < 1.29 is 0 Å². The minimum Gasteiger partial charge on any atom is -0.309 e. The maximum Gasteiger partial charge on any atom is 0.0634 e. The Balaban J connectivity index is 0.000000138. The Hall–Kier alpha value is -8.64. The van der Waals surface area contributed by atoms with Gasteiger partial charge in [-0.3, -0.25) is 0 Å². The summed E-state index contributed by atoms with van der Waals surface area (Å²) in [5.41, 5.74) is 13.8. The van der Waals surface area contributed by atoms with Crippen LogP contribution in [0, 0.1) is 0 Å². The van der Waals surface area contributed by atoms with Crippen molar-refractivity contribution in [2.45, 2.75) is 0 Å². The van der Waals surface area contributed by atoms with Gasteiger partial charge in [0, 0.05) is 88.8 Å². The number of hydrogen-bond acceptors (Lipinski definition) is 3. The molecule has 0 atom stereocenters. The van der Waals surface area contributed by atoms with Crippen LogP contribution in [0.4, 0.5) is 0 Å². The molecular formula is C70H45NS3. The van der Waals surface area contributed by atoms with Crippen molar-refractivity contribution in [1.29, 1.82) is 0 Å². The minimum absolute atomic E-state index is 1.17. The fourth-order valence-electron chi connectivity index (χ4n) is 11.0. The second-order valence-electron chi connectivity index (χ2n) is 18.6. The molecular weight excluding hydrogens is 951 g/mol. The van der Waals surface area contributed by atoms with E-state index in [0.717, 1.165) is 0 Å². The smallest absolute Gasteiger partial charge is 0.0634 e. The van der Waals surface area contributed by atoms with E-state index in [0.29, 0.717) is 0 Å². The van der Waals surface area contributed by atoms with Crippen LogP contribution < -0.4 is 0 Å². The highest BCUT2D eigenvalue weighted by atomic mass is 32.1. The highest BCUT2D eigenvalue weighted by Crippen LogP contribution is 2.53. The Morgan fingerprint density at radius 3 is 1.18 bits per heavy atom. The molecule has 0 saturated carbocycles. The third kappa shape index (κ3) is 7.49. The van der Waals surface area contributed by atoms with E-state index >= 15 is 0 Å². The van der Waals surface area contributed by atoms with Gasteiger partial charge in [-0.05, 0) is 57.6 Å². The maximum atomic E-state index is 2.46. The lowest BCUT2D eigenvalue weighted by Crippen LogP contribution is -1.96. The summed E-state index contributed by atoms with van der Waals surface area (Å²) in [6.07, 6.45) is 0. The van der Waals surface area contributed by atoms with E-state index in [1.54, 1.807) is 0 Å². The van der Waals surface area contributed by atoms with Gasteiger partial charge in [-0.15, -0.1) is 34.0 Å². The van der Waals surface area contributed by atoms with Crippen molar-refractivity contribution in [3.8, 4) is 69.7 Å². The average Bonchev–Trinajstić information content (AvgIpc) is 4.27. The van der Waals surface area contributed by atoms with Gasteiger partial charge in [0.25, 0.3) is 0 Å². The fourth-order valence-corrected chi connectivity index (χ4v) is 15.0. The molecule has 0 bridgehead atoms. The molecule has 11 aromatic carbocycles. The molecule has 0 aliphatic rings. The molecule has 15 aromatic rings. The van der Waals surface area contributed by atoms with Gasteiger partial charge in [-0.1, -0.05) is 249 Å². The van der Waals surface area contributed by atoms with E-state index in [1.165, 1.54) is 133 Å². The molecule has 0 fully saturated rings. The van der Waals surface area contributed by atoms with Crippen LogP contribution >= 0.6 is 34.0 Å². The van der Waals surface area contributed by atoms with Gasteiger partial charge in [-0.2, -0.15) is 0 Å². The number of benzene rings is 11. The van der Waals surface area contributed by atoms with Crippen LogP contribution in [0.25, 0.3) is 133 Å². The molecule has 0 saturated heterocycles. The van der Waals surface area contributed by atoms with E-state index < -0.39 is 0 Å². The summed E-state index contributed by atoms with van der Waals surface area (Å²) in [5.74, 6) is 0. The fraction of sp³-hybridized carbons (Fsp3) is 0. The first kappa shape index (κ1) is 44.1. The lowest BCUT2D eigenvalue weighted by atomic mass is 9.94. The molecule has 0 spiro atoms. The van der Waals surface area contributed by atoms with E-state index in [1.807, 2.05) is 34.0 Å². The van der Waals surface area contributed by atoms with Crippen molar-refractivity contribution in [3.05, 3.63) is 273 Å². The van der Waals surface area contributed by atoms with Crippen LogP contribution in [0.15, 0.2) is 273 Å². The standard InChI is InChI=1S/C38H25NS.C32H20S2/c1-4-14-26(15-5-1)29-24-25-31-30-20-12-13-23-34(30)39(28-18-8-3-9-19-28)36(31)35(29)38-33-22-11-10-21-32(33)37(40-38)27-16-6-2-7-17-27;1-3-11-21(12-4-1)23-19-20-27-24-15-9-10-18-28(24)33-31(27)29(23)32-26-17-8-7-16-25(26)30(34-32)22-13-5-2-6-14-22/h1-25H;1-20H. The van der Waals surface area contributed by atoms with Crippen LogP contribution in [0.1, 0.15) is 0 Å². The zero-order chi connectivity index (χ0) is 49.0. The van der Waals surface area contributed by atoms with Gasteiger partial charge >= 0.3 is 0 Å². The van der Waals surface area contributed by atoms with Crippen molar-refractivity contribution in [2.24, 2.45) is 0 Å². The molecule has 15 rings (SSSR count). The molecule has 0 N–H and O–H groups in total. The first-order valence-corrected chi connectivity index (χ1v) is 27.5. The second-order valence-corrected chi connectivity index (χ2v) is 21.7. The van der Waals surface area contributed by atoms with Gasteiger partial charge < -0.3 is 4.57 Å². The van der Waals surface area contributed by atoms with Crippen molar-refractivity contribution >= 4 is 97.5 Å².